The summed E-state index contributed by atoms with van der Waals surface area (Å²) in [7, 11) is 0. The zero-order valence-electron chi connectivity index (χ0n) is 18.7. The van der Waals surface area contributed by atoms with Crippen LogP contribution in [0.3, 0.4) is 0 Å². The Kier molecular flexibility index (Phi) is 10.3. The van der Waals surface area contributed by atoms with Gasteiger partial charge < -0.3 is 14.4 Å². The average Bonchev–Trinajstić information content (AvgIpc) is 2.60. The number of halogens is 1. The Morgan fingerprint density at radius 2 is 1.73 bits per heavy atom. The number of amides is 2. The quantitative estimate of drug-likeness (QED) is 0.498. The standard InChI is InChI=1S/C22H33BrN2O5/c1-7-12-25(14-19(26)30-22(4,5)6)20(27)18(13-15(2)3)29-21(28)24-17-10-8-16(23)9-11-17/h8-11,15,18H,7,12-14H2,1-6H3,(H,24,28)/t18-/m0/s1. The Balaban J connectivity index is 2.88. The molecular formula is C22H33BrN2O5. The number of benzene rings is 1. The third-order valence-corrected chi connectivity index (χ3v) is 4.37. The molecule has 0 aromatic heterocycles. The second-order valence-electron chi connectivity index (χ2n) is 8.50. The zero-order valence-corrected chi connectivity index (χ0v) is 20.2. The van der Waals surface area contributed by atoms with E-state index in [0.717, 1.165) is 4.47 Å². The van der Waals surface area contributed by atoms with Gasteiger partial charge in [-0.2, -0.15) is 0 Å². The van der Waals surface area contributed by atoms with Gasteiger partial charge in [-0.1, -0.05) is 36.7 Å². The number of carbonyl (C=O) groups excluding carboxylic acids is 3. The number of ether oxygens (including phenoxy) is 2. The van der Waals surface area contributed by atoms with Gasteiger partial charge in [0.25, 0.3) is 5.91 Å². The van der Waals surface area contributed by atoms with Crippen LogP contribution >= 0.6 is 15.9 Å². The van der Waals surface area contributed by atoms with Crippen LogP contribution in [0.2, 0.25) is 0 Å². The summed E-state index contributed by atoms with van der Waals surface area (Å²) in [6.45, 7) is 11.3. The molecule has 0 bridgehead atoms. The summed E-state index contributed by atoms with van der Waals surface area (Å²) in [6.07, 6.45) is -0.700. The largest absolute Gasteiger partial charge is 0.459 e. The molecular weight excluding hydrogens is 452 g/mol. The van der Waals surface area contributed by atoms with E-state index in [1.165, 1.54) is 4.90 Å². The lowest BCUT2D eigenvalue weighted by molar-refractivity contribution is -0.160. The maximum absolute atomic E-state index is 13.1. The Bertz CT molecular complexity index is 713. The third-order valence-electron chi connectivity index (χ3n) is 3.85. The first-order valence-electron chi connectivity index (χ1n) is 10.1. The summed E-state index contributed by atoms with van der Waals surface area (Å²) in [6, 6.07) is 7.01. The van der Waals surface area contributed by atoms with E-state index in [4.69, 9.17) is 9.47 Å². The van der Waals surface area contributed by atoms with Crippen molar-refractivity contribution in [1.29, 1.82) is 0 Å². The Morgan fingerprint density at radius 3 is 2.23 bits per heavy atom. The molecule has 0 unspecified atom stereocenters. The van der Waals surface area contributed by atoms with E-state index in [0.29, 0.717) is 25.1 Å². The highest BCUT2D eigenvalue weighted by Crippen LogP contribution is 2.17. The number of esters is 1. The minimum Gasteiger partial charge on any atom is -0.459 e. The van der Waals surface area contributed by atoms with Crippen molar-refractivity contribution in [3.8, 4) is 0 Å². The van der Waals surface area contributed by atoms with Gasteiger partial charge in [-0.05, 0) is 63.8 Å². The van der Waals surface area contributed by atoms with Crippen LogP contribution in [-0.2, 0) is 19.1 Å². The summed E-state index contributed by atoms with van der Waals surface area (Å²) in [5.74, 6) is -0.779. The number of nitrogens with one attached hydrogen (secondary N) is 1. The molecule has 0 aliphatic heterocycles. The molecule has 2 amide bonds. The Hall–Kier alpha value is -2.09. The van der Waals surface area contributed by atoms with Gasteiger partial charge in [-0.25, -0.2) is 4.79 Å². The minimum absolute atomic E-state index is 0.115. The summed E-state index contributed by atoms with van der Waals surface area (Å²) in [4.78, 5) is 39.1. The van der Waals surface area contributed by atoms with Crippen LogP contribution < -0.4 is 5.32 Å². The molecule has 168 valence electrons. The van der Waals surface area contributed by atoms with E-state index in [1.807, 2.05) is 20.8 Å². The minimum atomic E-state index is -0.991. The molecule has 0 aliphatic rings. The normalized spacial score (nSPS) is 12.3. The van der Waals surface area contributed by atoms with Crippen LogP contribution in [0.25, 0.3) is 0 Å². The van der Waals surface area contributed by atoms with Crippen molar-refractivity contribution in [3.63, 3.8) is 0 Å². The number of hydrogen-bond donors (Lipinski definition) is 1. The van der Waals surface area contributed by atoms with Gasteiger partial charge >= 0.3 is 12.1 Å². The first kappa shape index (κ1) is 25.9. The van der Waals surface area contributed by atoms with Gasteiger partial charge in [-0.3, -0.25) is 14.9 Å². The molecule has 0 fully saturated rings. The van der Waals surface area contributed by atoms with Crippen LogP contribution in [0, 0.1) is 5.92 Å². The molecule has 1 rings (SSSR count). The van der Waals surface area contributed by atoms with Gasteiger partial charge in [0.05, 0.1) is 0 Å². The van der Waals surface area contributed by atoms with Crippen molar-refractivity contribution in [2.75, 3.05) is 18.4 Å². The number of carbonyl (C=O) groups is 3. The molecule has 0 radical (unpaired) electrons. The molecule has 0 heterocycles. The second kappa shape index (κ2) is 11.9. The van der Waals surface area contributed by atoms with Gasteiger partial charge in [0.1, 0.15) is 12.1 Å². The van der Waals surface area contributed by atoms with E-state index < -0.39 is 29.7 Å². The number of nitrogens with zero attached hydrogens (tertiary/aromatic N) is 1. The van der Waals surface area contributed by atoms with Gasteiger partial charge in [-0.15, -0.1) is 0 Å². The van der Waals surface area contributed by atoms with E-state index in [1.54, 1.807) is 45.0 Å². The molecule has 0 spiro atoms. The number of rotatable bonds is 9. The van der Waals surface area contributed by atoms with E-state index in [-0.39, 0.29) is 12.5 Å². The fraction of sp³-hybridized carbons (Fsp3) is 0.591. The first-order chi connectivity index (χ1) is 13.9. The van der Waals surface area contributed by atoms with Gasteiger partial charge in [0.15, 0.2) is 6.10 Å². The predicted octanol–water partition coefficient (Wildman–Crippen LogP) is 4.99. The smallest absolute Gasteiger partial charge is 0.412 e. The maximum Gasteiger partial charge on any atom is 0.412 e. The van der Waals surface area contributed by atoms with E-state index >= 15 is 0 Å². The Morgan fingerprint density at radius 1 is 1.13 bits per heavy atom. The Labute approximate surface area is 187 Å². The molecule has 1 aromatic carbocycles. The third kappa shape index (κ3) is 10.1. The molecule has 1 aromatic rings. The van der Waals surface area contributed by atoms with Crippen molar-refractivity contribution in [1.82, 2.24) is 4.90 Å². The molecule has 8 heteroatoms. The summed E-state index contributed by atoms with van der Waals surface area (Å²) < 4.78 is 11.7. The topological polar surface area (TPSA) is 84.9 Å². The lowest BCUT2D eigenvalue weighted by atomic mass is 10.0. The van der Waals surface area contributed by atoms with Crippen molar-refractivity contribution in [2.24, 2.45) is 5.92 Å². The molecule has 0 aliphatic carbocycles. The van der Waals surface area contributed by atoms with Crippen molar-refractivity contribution in [2.45, 2.75) is 66.1 Å². The van der Waals surface area contributed by atoms with Crippen molar-refractivity contribution >= 4 is 39.6 Å². The van der Waals surface area contributed by atoms with Crippen LogP contribution in [0.5, 0.6) is 0 Å². The van der Waals surface area contributed by atoms with Gasteiger partial charge in [0, 0.05) is 16.7 Å². The van der Waals surface area contributed by atoms with Crippen LogP contribution in [-0.4, -0.2) is 47.7 Å². The van der Waals surface area contributed by atoms with Crippen molar-refractivity contribution in [3.05, 3.63) is 28.7 Å². The van der Waals surface area contributed by atoms with E-state index in [9.17, 15) is 14.4 Å². The number of hydrogen-bond acceptors (Lipinski definition) is 5. The highest BCUT2D eigenvalue weighted by molar-refractivity contribution is 9.10. The van der Waals surface area contributed by atoms with Crippen LogP contribution in [0.15, 0.2) is 28.7 Å². The SMILES string of the molecule is CCCN(CC(=O)OC(C)(C)C)C(=O)[C@H](CC(C)C)OC(=O)Nc1ccc(Br)cc1. The fourth-order valence-electron chi connectivity index (χ4n) is 2.71. The van der Waals surface area contributed by atoms with Crippen LogP contribution in [0.4, 0.5) is 10.5 Å². The molecule has 1 N–H and O–H groups in total. The second-order valence-corrected chi connectivity index (χ2v) is 9.42. The molecule has 1 atom stereocenters. The monoisotopic (exact) mass is 484 g/mol. The highest BCUT2D eigenvalue weighted by atomic mass is 79.9. The summed E-state index contributed by atoms with van der Waals surface area (Å²) in [5, 5.41) is 2.63. The fourth-order valence-corrected chi connectivity index (χ4v) is 2.97. The lowest BCUT2D eigenvalue weighted by Gasteiger charge is -2.28. The average molecular weight is 485 g/mol. The molecule has 7 nitrogen and oxygen atoms in total. The van der Waals surface area contributed by atoms with Crippen molar-refractivity contribution < 1.29 is 23.9 Å². The molecule has 0 saturated heterocycles. The lowest BCUT2D eigenvalue weighted by Crippen LogP contribution is -2.46. The van der Waals surface area contributed by atoms with Gasteiger partial charge in [0.2, 0.25) is 0 Å². The number of anilines is 1. The maximum atomic E-state index is 13.1. The highest BCUT2D eigenvalue weighted by Gasteiger charge is 2.30. The summed E-state index contributed by atoms with van der Waals surface area (Å²) >= 11 is 3.33. The predicted molar refractivity (Wildman–Crippen MR) is 120 cm³/mol. The molecule has 0 saturated carbocycles. The summed E-state index contributed by atoms with van der Waals surface area (Å²) in [5.41, 5.74) is -0.0886. The van der Waals surface area contributed by atoms with E-state index in [2.05, 4.69) is 21.2 Å². The van der Waals surface area contributed by atoms with Crippen LogP contribution in [0.1, 0.15) is 54.4 Å². The zero-order chi connectivity index (χ0) is 22.9. The molecule has 30 heavy (non-hydrogen) atoms. The first-order valence-corrected chi connectivity index (χ1v) is 10.9.